The van der Waals surface area contributed by atoms with Crippen LogP contribution in [0.3, 0.4) is 0 Å². The smallest absolute Gasteiger partial charge is 0.162 e. The Hall–Kier alpha value is -2.25. The molecule has 6 nitrogen and oxygen atoms in total. The molecule has 1 aliphatic heterocycles. The molecule has 4 heterocycles. The average molecular weight is 383 g/mol. The van der Waals surface area contributed by atoms with Gasteiger partial charge in [-0.05, 0) is 27.6 Å². The summed E-state index contributed by atoms with van der Waals surface area (Å²) in [6.07, 6.45) is 11.5. The molecule has 120 valence electrons. The summed E-state index contributed by atoms with van der Waals surface area (Å²) >= 11 is 3.56. The molecule has 0 aliphatic carbocycles. The molecule has 7 heteroatoms. The van der Waals surface area contributed by atoms with Gasteiger partial charge in [0.05, 0.1) is 11.3 Å². The maximum Gasteiger partial charge on any atom is 0.162 e. The molecule has 0 saturated heterocycles. The quantitative estimate of drug-likeness (QED) is 0.693. The van der Waals surface area contributed by atoms with Crippen LogP contribution in [0.25, 0.3) is 11.4 Å². The number of hydrogen-bond donors (Lipinski definition) is 0. The summed E-state index contributed by atoms with van der Waals surface area (Å²) in [5.41, 5.74) is 4.40. The number of hydrogen-bond acceptors (Lipinski definition) is 6. The fourth-order valence-corrected chi connectivity index (χ4v) is 3.21. The van der Waals surface area contributed by atoms with Crippen molar-refractivity contribution in [3.63, 3.8) is 0 Å². The molecule has 0 atom stereocenters. The lowest BCUT2D eigenvalue weighted by atomic mass is 10.1. The van der Waals surface area contributed by atoms with Gasteiger partial charge in [-0.1, -0.05) is 0 Å². The van der Waals surface area contributed by atoms with E-state index in [0.717, 1.165) is 41.8 Å². The Morgan fingerprint density at radius 1 is 1.08 bits per heavy atom. The van der Waals surface area contributed by atoms with Crippen molar-refractivity contribution in [3.8, 4) is 11.4 Å². The molecule has 0 radical (unpaired) electrons. The van der Waals surface area contributed by atoms with Crippen LogP contribution < -0.4 is 0 Å². The molecule has 0 unspecified atom stereocenters. The molecule has 3 aromatic rings. The highest BCUT2D eigenvalue weighted by Gasteiger charge is 2.19. The van der Waals surface area contributed by atoms with Gasteiger partial charge in [-0.3, -0.25) is 9.88 Å². The van der Waals surface area contributed by atoms with Crippen molar-refractivity contribution in [2.24, 2.45) is 0 Å². The minimum absolute atomic E-state index is 0.694. The first-order chi connectivity index (χ1) is 11.8. The number of aromatic nitrogens is 5. The summed E-state index contributed by atoms with van der Waals surface area (Å²) in [6, 6.07) is 2.05. The SMILES string of the molecule is Brc1cnccc1CN1CCc2nc(-c3cncnc3)ncc2C1. The van der Waals surface area contributed by atoms with Crippen LogP contribution in [-0.4, -0.2) is 36.4 Å². The highest BCUT2D eigenvalue weighted by Crippen LogP contribution is 2.23. The van der Waals surface area contributed by atoms with E-state index in [0.29, 0.717) is 5.82 Å². The fraction of sp³-hybridized carbons (Fsp3) is 0.235. The molecule has 0 amide bonds. The number of nitrogens with zero attached hydrogens (tertiary/aromatic N) is 6. The molecular formula is C17H15BrN6. The van der Waals surface area contributed by atoms with Gasteiger partial charge in [0, 0.05) is 67.1 Å². The van der Waals surface area contributed by atoms with Gasteiger partial charge in [-0.25, -0.2) is 19.9 Å². The number of pyridine rings is 1. The molecule has 4 rings (SSSR count). The van der Waals surface area contributed by atoms with Gasteiger partial charge < -0.3 is 0 Å². The van der Waals surface area contributed by atoms with Crippen LogP contribution in [0, 0.1) is 0 Å². The largest absolute Gasteiger partial charge is 0.294 e. The van der Waals surface area contributed by atoms with E-state index >= 15 is 0 Å². The van der Waals surface area contributed by atoms with Crippen molar-refractivity contribution in [2.45, 2.75) is 19.5 Å². The van der Waals surface area contributed by atoms with Crippen molar-refractivity contribution in [1.82, 2.24) is 29.8 Å². The zero-order valence-electron chi connectivity index (χ0n) is 12.9. The predicted octanol–water partition coefficient (Wildman–Crippen LogP) is 2.65. The van der Waals surface area contributed by atoms with Crippen LogP contribution in [0.15, 0.2) is 47.9 Å². The molecular weight excluding hydrogens is 368 g/mol. The van der Waals surface area contributed by atoms with Crippen LogP contribution in [-0.2, 0) is 19.5 Å². The highest BCUT2D eigenvalue weighted by atomic mass is 79.9. The second-order valence-corrected chi connectivity index (χ2v) is 6.57. The lowest BCUT2D eigenvalue weighted by Gasteiger charge is -2.28. The predicted molar refractivity (Wildman–Crippen MR) is 92.8 cm³/mol. The molecule has 1 aliphatic rings. The van der Waals surface area contributed by atoms with Crippen LogP contribution in [0.5, 0.6) is 0 Å². The molecule has 0 aromatic carbocycles. The third-order valence-corrected chi connectivity index (χ3v) is 4.80. The van der Waals surface area contributed by atoms with Crippen LogP contribution in [0.1, 0.15) is 16.8 Å². The fourth-order valence-electron chi connectivity index (χ4n) is 2.84. The van der Waals surface area contributed by atoms with Crippen LogP contribution >= 0.6 is 15.9 Å². The zero-order chi connectivity index (χ0) is 16.4. The first kappa shape index (κ1) is 15.3. The summed E-state index contributed by atoms with van der Waals surface area (Å²) in [5.74, 6) is 0.694. The van der Waals surface area contributed by atoms with Crippen molar-refractivity contribution in [3.05, 3.63) is 64.7 Å². The van der Waals surface area contributed by atoms with E-state index in [1.807, 2.05) is 18.6 Å². The van der Waals surface area contributed by atoms with E-state index in [1.165, 1.54) is 17.5 Å². The van der Waals surface area contributed by atoms with Crippen LogP contribution in [0.2, 0.25) is 0 Å². The minimum atomic E-state index is 0.694. The third kappa shape index (κ3) is 3.18. The first-order valence-corrected chi connectivity index (χ1v) is 8.50. The molecule has 3 aromatic heterocycles. The van der Waals surface area contributed by atoms with Crippen molar-refractivity contribution < 1.29 is 0 Å². The van der Waals surface area contributed by atoms with Gasteiger partial charge in [0.15, 0.2) is 5.82 Å². The lowest BCUT2D eigenvalue weighted by Crippen LogP contribution is -2.31. The third-order valence-electron chi connectivity index (χ3n) is 4.08. The lowest BCUT2D eigenvalue weighted by molar-refractivity contribution is 0.242. The molecule has 0 N–H and O–H groups in total. The van der Waals surface area contributed by atoms with Gasteiger partial charge in [0.1, 0.15) is 6.33 Å². The molecule has 0 saturated carbocycles. The molecule has 0 fully saturated rings. The number of rotatable bonds is 3. The van der Waals surface area contributed by atoms with Crippen molar-refractivity contribution in [1.29, 1.82) is 0 Å². The topological polar surface area (TPSA) is 67.7 Å². The van der Waals surface area contributed by atoms with Gasteiger partial charge in [-0.2, -0.15) is 0 Å². The van der Waals surface area contributed by atoms with Gasteiger partial charge in [0.2, 0.25) is 0 Å². The first-order valence-electron chi connectivity index (χ1n) is 7.70. The Kier molecular flexibility index (Phi) is 4.27. The molecule has 0 bridgehead atoms. The number of fused-ring (bicyclic) bond motifs is 1. The summed E-state index contributed by atoms with van der Waals surface area (Å²) < 4.78 is 1.05. The molecule has 0 spiro atoms. The van der Waals surface area contributed by atoms with E-state index in [1.54, 1.807) is 12.4 Å². The standard InChI is InChI=1S/C17H15BrN6/c18-15-8-19-3-1-12(15)9-24-4-2-16-14(10-24)7-22-17(23-16)13-5-20-11-21-6-13/h1,3,5-8,11H,2,4,9-10H2. The van der Waals surface area contributed by atoms with Crippen molar-refractivity contribution >= 4 is 15.9 Å². The zero-order valence-corrected chi connectivity index (χ0v) is 14.5. The Balaban J connectivity index is 1.53. The van der Waals surface area contributed by atoms with E-state index in [-0.39, 0.29) is 0 Å². The van der Waals surface area contributed by atoms with E-state index in [2.05, 4.69) is 46.8 Å². The second-order valence-electron chi connectivity index (χ2n) is 5.72. The van der Waals surface area contributed by atoms with E-state index in [4.69, 9.17) is 4.98 Å². The van der Waals surface area contributed by atoms with Crippen molar-refractivity contribution in [2.75, 3.05) is 6.54 Å². The average Bonchev–Trinajstić information content (AvgIpc) is 2.64. The second kappa shape index (κ2) is 6.70. The minimum Gasteiger partial charge on any atom is -0.294 e. The maximum absolute atomic E-state index is 4.71. The summed E-state index contributed by atoms with van der Waals surface area (Å²) in [6.45, 7) is 2.72. The molecule has 24 heavy (non-hydrogen) atoms. The Bertz CT molecular complexity index is 855. The van der Waals surface area contributed by atoms with Gasteiger partial charge in [0.25, 0.3) is 0 Å². The van der Waals surface area contributed by atoms with E-state index in [9.17, 15) is 0 Å². The Labute approximate surface area is 148 Å². The Morgan fingerprint density at radius 3 is 2.79 bits per heavy atom. The highest BCUT2D eigenvalue weighted by molar-refractivity contribution is 9.10. The monoisotopic (exact) mass is 382 g/mol. The van der Waals surface area contributed by atoms with Gasteiger partial charge >= 0.3 is 0 Å². The number of halogens is 1. The Morgan fingerprint density at radius 2 is 1.96 bits per heavy atom. The van der Waals surface area contributed by atoms with E-state index < -0.39 is 0 Å². The van der Waals surface area contributed by atoms with Crippen LogP contribution in [0.4, 0.5) is 0 Å². The normalized spacial score (nSPS) is 14.4. The summed E-state index contributed by atoms with van der Waals surface area (Å²) in [5, 5.41) is 0. The summed E-state index contributed by atoms with van der Waals surface area (Å²) in [4.78, 5) is 23.8. The summed E-state index contributed by atoms with van der Waals surface area (Å²) in [7, 11) is 0. The van der Waals surface area contributed by atoms with Gasteiger partial charge in [-0.15, -0.1) is 0 Å². The maximum atomic E-state index is 4.71.